The number of esters is 1. The number of para-hydroxylation sites is 1. The number of rotatable bonds is 4. The van der Waals surface area contributed by atoms with E-state index in [0.717, 1.165) is 24.1 Å². The number of anilines is 1. The molecule has 1 fully saturated rings. The van der Waals surface area contributed by atoms with Crippen molar-refractivity contribution in [1.29, 1.82) is 0 Å². The normalized spacial score (nSPS) is 22.8. The zero-order chi connectivity index (χ0) is 13.7. The molecule has 1 unspecified atom stereocenters. The predicted octanol–water partition coefficient (Wildman–Crippen LogP) is 2.52. The number of benzene rings is 1. The average Bonchev–Trinajstić information content (AvgIpc) is 2.43. The quantitative estimate of drug-likeness (QED) is 0.848. The second-order valence-electron chi connectivity index (χ2n) is 4.90. The summed E-state index contributed by atoms with van der Waals surface area (Å²) >= 11 is 0. The molecule has 0 amide bonds. The first-order chi connectivity index (χ1) is 9.18. The molecule has 4 nitrogen and oxygen atoms in total. The molecule has 1 aliphatic rings. The monoisotopic (exact) mass is 263 g/mol. The van der Waals surface area contributed by atoms with Crippen LogP contribution < -0.4 is 5.32 Å². The van der Waals surface area contributed by atoms with Crippen LogP contribution in [0.3, 0.4) is 0 Å². The van der Waals surface area contributed by atoms with E-state index < -0.39 is 5.54 Å². The fourth-order valence-electron chi connectivity index (χ4n) is 2.35. The number of hydrogen-bond acceptors (Lipinski definition) is 4. The van der Waals surface area contributed by atoms with Gasteiger partial charge in [0.2, 0.25) is 0 Å². The highest BCUT2D eigenvalue weighted by atomic mass is 16.5. The van der Waals surface area contributed by atoms with Gasteiger partial charge in [0.25, 0.3) is 0 Å². The molecule has 1 saturated heterocycles. The molecule has 0 saturated carbocycles. The van der Waals surface area contributed by atoms with Gasteiger partial charge in [0, 0.05) is 12.3 Å². The van der Waals surface area contributed by atoms with E-state index in [9.17, 15) is 4.79 Å². The Morgan fingerprint density at radius 3 is 2.89 bits per heavy atom. The third kappa shape index (κ3) is 3.07. The number of ether oxygens (including phenoxy) is 2. The lowest BCUT2D eigenvalue weighted by molar-refractivity contribution is -0.153. The van der Waals surface area contributed by atoms with Gasteiger partial charge in [-0.2, -0.15) is 0 Å². The smallest absolute Gasteiger partial charge is 0.334 e. The standard InChI is InChI=1S/C15H21NO3/c1-3-19-14(17)15(9-6-10-18-11-15)16-13-8-5-4-7-12(13)2/h4-5,7-8,16H,3,6,9-11H2,1-2H3. The summed E-state index contributed by atoms with van der Waals surface area (Å²) in [5.41, 5.74) is 1.32. The Bertz CT molecular complexity index is 439. The molecule has 0 aromatic heterocycles. The average molecular weight is 263 g/mol. The van der Waals surface area contributed by atoms with Crippen LogP contribution in [0.4, 0.5) is 5.69 Å². The Hall–Kier alpha value is -1.55. The lowest BCUT2D eigenvalue weighted by Crippen LogP contribution is -2.53. The summed E-state index contributed by atoms with van der Waals surface area (Å²) in [5.74, 6) is -0.224. The van der Waals surface area contributed by atoms with Crippen LogP contribution in [0.25, 0.3) is 0 Å². The van der Waals surface area contributed by atoms with Crippen molar-refractivity contribution in [2.24, 2.45) is 0 Å². The van der Waals surface area contributed by atoms with E-state index in [4.69, 9.17) is 9.47 Å². The molecule has 0 spiro atoms. The largest absolute Gasteiger partial charge is 0.464 e. The zero-order valence-corrected chi connectivity index (χ0v) is 11.6. The Balaban J connectivity index is 2.23. The number of nitrogens with one attached hydrogen (secondary N) is 1. The lowest BCUT2D eigenvalue weighted by atomic mass is 9.91. The first-order valence-electron chi connectivity index (χ1n) is 6.77. The van der Waals surface area contributed by atoms with Gasteiger partial charge in [-0.05, 0) is 38.3 Å². The Kier molecular flexibility index (Phi) is 4.43. The highest BCUT2D eigenvalue weighted by molar-refractivity contribution is 5.85. The molecule has 1 atom stereocenters. The summed E-state index contributed by atoms with van der Waals surface area (Å²) in [5, 5.41) is 3.35. The van der Waals surface area contributed by atoms with E-state index >= 15 is 0 Å². The number of carbonyl (C=O) groups is 1. The van der Waals surface area contributed by atoms with E-state index in [1.54, 1.807) is 0 Å². The molecule has 0 aliphatic carbocycles. The fourth-order valence-corrected chi connectivity index (χ4v) is 2.35. The van der Waals surface area contributed by atoms with Gasteiger partial charge in [-0.15, -0.1) is 0 Å². The van der Waals surface area contributed by atoms with Crippen LogP contribution in [0.5, 0.6) is 0 Å². The van der Waals surface area contributed by atoms with E-state index in [-0.39, 0.29) is 5.97 Å². The molecule has 0 radical (unpaired) electrons. The molecule has 19 heavy (non-hydrogen) atoms. The Labute approximate surface area is 114 Å². The van der Waals surface area contributed by atoms with Crippen molar-refractivity contribution in [3.63, 3.8) is 0 Å². The van der Waals surface area contributed by atoms with Crippen LogP contribution in [0, 0.1) is 6.92 Å². The predicted molar refractivity (Wildman–Crippen MR) is 74.2 cm³/mol. The molecular weight excluding hydrogens is 242 g/mol. The van der Waals surface area contributed by atoms with E-state index in [1.165, 1.54) is 0 Å². The zero-order valence-electron chi connectivity index (χ0n) is 11.6. The highest BCUT2D eigenvalue weighted by Crippen LogP contribution is 2.27. The van der Waals surface area contributed by atoms with Crippen LogP contribution in [-0.4, -0.2) is 31.3 Å². The number of aryl methyl sites for hydroxylation is 1. The van der Waals surface area contributed by atoms with Crippen LogP contribution in [0.15, 0.2) is 24.3 Å². The topological polar surface area (TPSA) is 47.6 Å². The molecule has 1 heterocycles. The first kappa shape index (κ1) is 13.9. The number of hydrogen-bond donors (Lipinski definition) is 1. The highest BCUT2D eigenvalue weighted by Gasteiger charge is 2.42. The van der Waals surface area contributed by atoms with Gasteiger partial charge in [-0.3, -0.25) is 0 Å². The van der Waals surface area contributed by atoms with Gasteiger partial charge >= 0.3 is 5.97 Å². The maximum atomic E-state index is 12.3. The van der Waals surface area contributed by atoms with Gasteiger partial charge in [0.15, 0.2) is 5.54 Å². The van der Waals surface area contributed by atoms with Gasteiger partial charge < -0.3 is 14.8 Å². The van der Waals surface area contributed by atoms with Crippen LogP contribution in [-0.2, 0) is 14.3 Å². The van der Waals surface area contributed by atoms with Gasteiger partial charge in [-0.25, -0.2) is 4.79 Å². The summed E-state index contributed by atoms with van der Waals surface area (Å²) in [7, 11) is 0. The first-order valence-corrected chi connectivity index (χ1v) is 6.77. The molecule has 104 valence electrons. The van der Waals surface area contributed by atoms with Gasteiger partial charge in [0.05, 0.1) is 13.2 Å². The molecule has 1 aromatic rings. The van der Waals surface area contributed by atoms with Crippen LogP contribution in [0.2, 0.25) is 0 Å². The van der Waals surface area contributed by atoms with Crippen molar-refractivity contribution in [3.8, 4) is 0 Å². The summed E-state index contributed by atoms with van der Waals surface area (Å²) in [4.78, 5) is 12.3. The lowest BCUT2D eigenvalue weighted by Gasteiger charge is -2.36. The molecule has 1 aromatic carbocycles. The van der Waals surface area contributed by atoms with Crippen LogP contribution in [0.1, 0.15) is 25.3 Å². The van der Waals surface area contributed by atoms with Gasteiger partial charge in [-0.1, -0.05) is 18.2 Å². The minimum Gasteiger partial charge on any atom is -0.464 e. The number of carbonyl (C=O) groups excluding carboxylic acids is 1. The SMILES string of the molecule is CCOC(=O)C1(Nc2ccccc2C)CCCOC1. The summed E-state index contributed by atoms with van der Waals surface area (Å²) in [6.07, 6.45) is 1.60. The van der Waals surface area contributed by atoms with Crippen molar-refractivity contribution in [2.75, 3.05) is 25.1 Å². The van der Waals surface area contributed by atoms with E-state index in [2.05, 4.69) is 5.32 Å². The Morgan fingerprint density at radius 1 is 1.47 bits per heavy atom. The Morgan fingerprint density at radius 2 is 2.26 bits per heavy atom. The maximum Gasteiger partial charge on any atom is 0.334 e. The molecule has 0 bridgehead atoms. The molecule has 2 rings (SSSR count). The fraction of sp³-hybridized carbons (Fsp3) is 0.533. The summed E-state index contributed by atoms with van der Waals surface area (Å²) in [6.45, 7) is 5.29. The summed E-state index contributed by atoms with van der Waals surface area (Å²) < 4.78 is 10.7. The van der Waals surface area contributed by atoms with E-state index in [0.29, 0.717) is 19.8 Å². The van der Waals surface area contributed by atoms with E-state index in [1.807, 2.05) is 38.1 Å². The summed E-state index contributed by atoms with van der Waals surface area (Å²) in [6, 6.07) is 7.93. The second-order valence-corrected chi connectivity index (χ2v) is 4.90. The van der Waals surface area contributed by atoms with Crippen molar-refractivity contribution >= 4 is 11.7 Å². The minimum atomic E-state index is -0.750. The third-order valence-corrected chi connectivity index (χ3v) is 3.43. The molecular formula is C15H21NO3. The van der Waals surface area contributed by atoms with Crippen molar-refractivity contribution in [1.82, 2.24) is 0 Å². The van der Waals surface area contributed by atoms with Gasteiger partial charge in [0.1, 0.15) is 0 Å². The maximum absolute atomic E-state index is 12.3. The molecule has 1 aliphatic heterocycles. The third-order valence-electron chi connectivity index (χ3n) is 3.43. The van der Waals surface area contributed by atoms with Crippen molar-refractivity contribution < 1.29 is 14.3 Å². The van der Waals surface area contributed by atoms with Crippen molar-refractivity contribution in [3.05, 3.63) is 29.8 Å². The second kappa shape index (κ2) is 6.06. The molecule has 1 N–H and O–H groups in total. The van der Waals surface area contributed by atoms with Crippen molar-refractivity contribution in [2.45, 2.75) is 32.2 Å². The minimum absolute atomic E-state index is 0.224. The molecule has 4 heteroatoms. The van der Waals surface area contributed by atoms with Crippen LogP contribution >= 0.6 is 0 Å².